The van der Waals surface area contributed by atoms with Gasteiger partial charge in [0.25, 0.3) is 0 Å². The Labute approximate surface area is 240 Å². The van der Waals surface area contributed by atoms with Gasteiger partial charge >= 0.3 is 5.97 Å². The third kappa shape index (κ3) is 6.00. The summed E-state index contributed by atoms with van der Waals surface area (Å²) in [4.78, 5) is 26.4. The van der Waals surface area contributed by atoms with Crippen molar-refractivity contribution in [3.8, 4) is 5.88 Å². The minimum Gasteiger partial charge on any atom is -0.474 e. The van der Waals surface area contributed by atoms with Crippen molar-refractivity contribution in [3.63, 3.8) is 0 Å². The topological polar surface area (TPSA) is 156 Å². The Morgan fingerprint density at radius 3 is 2.59 bits per heavy atom. The maximum absolute atomic E-state index is 12.5. The average molecular weight is 584 g/mol. The van der Waals surface area contributed by atoms with Crippen LogP contribution in [-0.2, 0) is 24.8 Å². The molecule has 0 saturated heterocycles. The molecule has 3 aromatic rings. The number of pyridine rings is 3. The third-order valence-corrected chi connectivity index (χ3v) is 9.09. The number of nitrogens with two attached hydrogens (primary N) is 1. The molecule has 2 aliphatic rings. The van der Waals surface area contributed by atoms with E-state index < -0.39 is 21.0 Å². The molecular formula is C29H37N5O6S. The molecule has 5 rings (SSSR count). The van der Waals surface area contributed by atoms with E-state index in [0.29, 0.717) is 47.0 Å². The van der Waals surface area contributed by atoms with Gasteiger partial charge in [-0.05, 0) is 63.1 Å². The Kier molecular flexibility index (Phi) is 7.46. The maximum atomic E-state index is 12.5. The number of rotatable bonds is 9. The van der Waals surface area contributed by atoms with Gasteiger partial charge < -0.3 is 25.3 Å². The van der Waals surface area contributed by atoms with E-state index in [1.807, 2.05) is 33.8 Å². The van der Waals surface area contributed by atoms with Gasteiger partial charge in [-0.3, -0.25) is 0 Å². The van der Waals surface area contributed by atoms with E-state index in [4.69, 9.17) is 24.9 Å². The number of aromatic nitrogens is 3. The van der Waals surface area contributed by atoms with Gasteiger partial charge in [0.15, 0.2) is 0 Å². The molecule has 2 atom stereocenters. The van der Waals surface area contributed by atoms with Crippen molar-refractivity contribution in [2.45, 2.75) is 63.7 Å². The average Bonchev–Trinajstić information content (AvgIpc) is 2.85. The highest BCUT2D eigenvalue weighted by Gasteiger charge is 2.40. The van der Waals surface area contributed by atoms with Crippen molar-refractivity contribution in [2.75, 3.05) is 31.0 Å². The van der Waals surface area contributed by atoms with Crippen LogP contribution in [0.2, 0.25) is 0 Å². The van der Waals surface area contributed by atoms with Crippen LogP contribution in [0.5, 0.6) is 5.88 Å². The molecule has 1 aliphatic carbocycles. The first kappa shape index (κ1) is 29.2. The zero-order valence-corrected chi connectivity index (χ0v) is 25.0. The SMILES string of the molecule is COCC(C)(N)c1cnc(O[C@H]2C[C@@H](CS(C)(=O)=O)C2)c2cnc(Nc3ccc4c(n3)[C@@H](C)C(C)(C)OC4=O)cc12. The van der Waals surface area contributed by atoms with Crippen LogP contribution in [0.1, 0.15) is 68.1 Å². The summed E-state index contributed by atoms with van der Waals surface area (Å²) in [6.07, 6.45) is 5.80. The number of methoxy groups -OCH3 is 1. The third-order valence-electron chi connectivity index (χ3n) is 8.01. The molecule has 0 bridgehead atoms. The van der Waals surface area contributed by atoms with Crippen LogP contribution in [0, 0.1) is 5.92 Å². The van der Waals surface area contributed by atoms with Crippen molar-refractivity contribution in [2.24, 2.45) is 11.7 Å². The molecule has 0 aromatic carbocycles. The number of esters is 1. The van der Waals surface area contributed by atoms with E-state index in [0.717, 1.165) is 10.9 Å². The molecule has 11 nitrogen and oxygen atoms in total. The molecule has 3 N–H and O–H groups in total. The van der Waals surface area contributed by atoms with Crippen molar-refractivity contribution >= 4 is 38.2 Å². The van der Waals surface area contributed by atoms with Crippen molar-refractivity contribution in [3.05, 3.63) is 47.4 Å². The largest absolute Gasteiger partial charge is 0.474 e. The van der Waals surface area contributed by atoms with Crippen LogP contribution in [-0.4, -0.2) is 66.8 Å². The highest BCUT2D eigenvalue weighted by atomic mass is 32.2. The molecule has 4 heterocycles. The quantitative estimate of drug-likeness (QED) is 0.353. The zero-order valence-electron chi connectivity index (χ0n) is 24.2. The van der Waals surface area contributed by atoms with Crippen LogP contribution in [0.25, 0.3) is 10.8 Å². The van der Waals surface area contributed by atoms with Crippen molar-refractivity contribution in [1.82, 2.24) is 15.0 Å². The number of carbonyl (C=O) groups is 1. The molecule has 0 amide bonds. The second-order valence-electron chi connectivity index (χ2n) is 12.1. The summed E-state index contributed by atoms with van der Waals surface area (Å²) >= 11 is 0. The van der Waals surface area contributed by atoms with Gasteiger partial charge in [-0.15, -0.1) is 0 Å². The number of fused-ring (bicyclic) bond motifs is 2. The molecule has 1 fully saturated rings. The van der Waals surface area contributed by atoms with E-state index in [9.17, 15) is 13.2 Å². The number of anilines is 2. The molecule has 12 heteroatoms. The number of hydrogen-bond donors (Lipinski definition) is 2. The standard InChI is InChI=1S/C29H37N5O6S/c1-16-25-19(27(35)40-28(16,2)3)7-8-23(34-25)33-24-11-20-21(12-31-24)26(32-13-22(20)29(4,30)15-38-5)39-18-9-17(10-18)14-41(6,36)37/h7-8,11-13,16-18H,9-10,14-15,30H2,1-6H3,(H,31,33,34)/t16-,17-,18+,29?/m1/s1. The number of nitrogens with one attached hydrogen (secondary N) is 1. The Hall–Kier alpha value is -3.35. The van der Waals surface area contributed by atoms with Gasteiger partial charge in [-0.25, -0.2) is 28.2 Å². The second-order valence-corrected chi connectivity index (χ2v) is 14.3. The Morgan fingerprint density at radius 2 is 1.90 bits per heavy atom. The predicted molar refractivity (Wildman–Crippen MR) is 155 cm³/mol. The predicted octanol–water partition coefficient (Wildman–Crippen LogP) is 3.84. The van der Waals surface area contributed by atoms with Gasteiger partial charge in [0.2, 0.25) is 5.88 Å². The van der Waals surface area contributed by atoms with Gasteiger partial charge in [-0.1, -0.05) is 6.92 Å². The van der Waals surface area contributed by atoms with Crippen LogP contribution >= 0.6 is 0 Å². The van der Waals surface area contributed by atoms with Gasteiger partial charge in [-0.2, -0.15) is 0 Å². The summed E-state index contributed by atoms with van der Waals surface area (Å²) in [7, 11) is -1.44. The number of ether oxygens (including phenoxy) is 3. The normalized spacial score (nSPS) is 23.2. The number of carbonyl (C=O) groups excluding carboxylic acids is 1. The first-order chi connectivity index (χ1) is 19.2. The van der Waals surface area contributed by atoms with E-state index in [-0.39, 0.29) is 36.3 Å². The summed E-state index contributed by atoms with van der Waals surface area (Å²) in [5, 5.41) is 4.74. The maximum Gasteiger partial charge on any atom is 0.340 e. The van der Waals surface area contributed by atoms with Gasteiger partial charge in [0.05, 0.1) is 34.5 Å². The minimum atomic E-state index is -3.03. The van der Waals surface area contributed by atoms with E-state index in [1.165, 1.54) is 6.26 Å². The summed E-state index contributed by atoms with van der Waals surface area (Å²) in [6.45, 7) is 7.87. The zero-order chi connectivity index (χ0) is 29.7. The Bertz CT molecular complexity index is 1600. The van der Waals surface area contributed by atoms with Crippen LogP contribution in [0.15, 0.2) is 30.6 Å². The van der Waals surface area contributed by atoms with Gasteiger partial charge in [0.1, 0.15) is 33.2 Å². The molecule has 0 radical (unpaired) electrons. The number of nitrogens with zero attached hydrogens (tertiary/aromatic N) is 3. The first-order valence-electron chi connectivity index (χ1n) is 13.6. The van der Waals surface area contributed by atoms with Crippen LogP contribution < -0.4 is 15.8 Å². The Balaban J connectivity index is 1.46. The molecule has 0 spiro atoms. The fourth-order valence-corrected chi connectivity index (χ4v) is 6.62. The van der Waals surface area contributed by atoms with E-state index in [2.05, 4.69) is 15.3 Å². The molecule has 41 heavy (non-hydrogen) atoms. The molecular weight excluding hydrogens is 546 g/mol. The second kappa shape index (κ2) is 10.5. The smallest absolute Gasteiger partial charge is 0.340 e. The monoisotopic (exact) mass is 583 g/mol. The highest BCUT2D eigenvalue weighted by Crippen LogP contribution is 2.39. The lowest BCUT2D eigenvalue weighted by Crippen LogP contribution is -2.39. The fourth-order valence-electron chi connectivity index (χ4n) is 5.49. The summed E-state index contributed by atoms with van der Waals surface area (Å²) in [6, 6.07) is 5.31. The fraction of sp³-hybridized carbons (Fsp3) is 0.517. The minimum absolute atomic E-state index is 0.0859. The highest BCUT2D eigenvalue weighted by molar-refractivity contribution is 7.90. The molecule has 1 aliphatic heterocycles. The molecule has 220 valence electrons. The first-order valence-corrected chi connectivity index (χ1v) is 15.7. The lowest BCUT2D eigenvalue weighted by atomic mass is 9.84. The van der Waals surface area contributed by atoms with Crippen LogP contribution in [0.3, 0.4) is 0 Å². The summed E-state index contributed by atoms with van der Waals surface area (Å²) in [5.74, 6) is 1.24. The van der Waals surface area contributed by atoms with Crippen LogP contribution in [0.4, 0.5) is 11.6 Å². The van der Waals surface area contributed by atoms with Gasteiger partial charge in [0, 0.05) is 37.2 Å². The summed E-state index contributed by atoms with van der Waals surface area (Å²) in [5.41, 5.74) is 7.01. The number of sulfone groups is 1. The molecule has 1 saturated carbocycles. The molecule has 1 unspecified atom stereocenters. The molecule has 3 aromatic heterocycles. The Morgan fingerprint density at radius 1 is 1.17 bits per heavy atom. The van der Waals surface area contributed by atoms with Crippen molar-refractivity contribution < 1.29 is 27.4 Å². The van der Waals surface area contributed by atoms with E-state index >= 15 is 0 Å². The number of cyclic esters (lactones) is 1. The summed E-state index contributed by atoms with van der Waals surface area (Å²) < 4.78 is 40.4. The van der Waals surface area contributed by atoms with E-state index in [1.54, 1.807) is 31.6 Å². The van der Waals surface area contributed by atoms with Crippen molar-refractivity contribution in [1.29, 1.82) is 0 Å². The number of hydrogen-bond acceptors (Lipinski definition) is 11. The lowest BCUT2D eigenvalue weighted by molar-refractivity contribution is -0.0189. The lowest BCUT2D eigenvalue weighted by Gasteiger charge is -2.36.